The second-order valence-corrected chi connectivity index (χ2v) is 8.34. The summed E-state index contributed by atoms with van der Waals surface area (Å²) < 4.78 is 43.0. The van der Waals surface area contributed by atoms with E-state index in [1.54, 1.807) is 0 Å². The van der Waals surface area contributed by atoms with Gasteiger partial charge in [-0.1, -0.05) is 0 Å². The lowest BCUT2D eigenvalue weighted by Gasteiger charge is -2.46. The summed E-state index contributed by atoms with van der Waals surface area (Å²) in [5, 5.41) is 0. The highest BCUT2D eigenvalue weighted by molar-refractivity contribution is 6.73. The number of alkyl halides is 3. The average Bonchev–Trinajstić information content (AvgIpc) is 1.79. The van der Waals surface area contributed by atoms with E-state index in [0.29, 0.717) is 0 Å². The van der Waals surface area contributed by atoms with Crippen molar-refractivity contribution in [3.8, 4) is 0 Å². The number of rotatable bonds is 3. The van der Waals surface area contributed by atoms with Crippen LogP contribution in [0.5, 0.6) is 0 Å². The molecule has 0 saturated carbocycles. The van der Waals surface area contributed by atoms with Crippen LogP contribution in [0, 0.1) is 0 Å². The summed E-state index contributed by atoms with van der Waals surface area (Å²) in [4.78, 5) is 0. The zero-order valence-electron chi connectivity index (χ0n) is 9.48. The SMILES string of the molecule is CN(C)[Si](N(C)C)(N(C)C)C(F)(F)F. The molecule has 0 fully saturated rings. The standard InChI is InChI=1S/C7H18F3N3Si/c1-11(2)14(12(3)4,13(5)6)7(8,9)10/h1-6H3. The minimum absolute atomic E-state index is 1.28. The predicted molar refractivity (Wildman–Crippen MR) is 52.9 cm³/mol. The molecule has 86 valence electrons. The smallest absolute Gasteiger partial charge is 0.298 e. The van der Waals surface area contributed by atoms with Crippen molar-refractivity contribution in [2.24, 2.45) is 0 Å². The zero-order valence-corrected chi connectivity index (χ0v) is 10.5. The summed E-state index contributed by atoms with van der Waals surface area (Å²) in [6.07, 6.45) is 0. The number of hydrogen-bond donors (Lipinski definition) is 0. The van der Waals surface area contributed by atoms with Crippen LogP contribution in [0.4, 0.5) is 13.2 Å². The summed E-state index contributed by atoms with van der Waals surface area (Å²) in [5.74, 6) is -4.20. The first-order valence-corrected chi connectivity index (χ1v) is 6.01. The molecule has 0 atom stereocenters. The average molecular weight is 229 g/mol. The van der Waals surface area contributed by atoms with Crippen molar-refractivity contribution in [3.63, 3.8) is 0 Å². The van der Waals surface area contributed by atoms with E-state index in [2.05, 4.69) is 0 Å². The minimum atomic E-state index is -4.20. The Kier molecular flexibility index (Phi) is 4.14. The third-order valence-corrected chi connectivity index (χ3v) is 6.75. The Hall–Kier alpha value is -0.113. The highest BCUT2D eigenvalue weighted by Crippen LogP contribution is 2.32. The van der Waals surface area contributed by atoms with Gasteiger partial charge in [0, 0.05) is 0 Å². The molecule has 3 nitrogen and oxygen atoms in total. The summed E-state index contributed by atoms with van der Waals surface area (Å²) in [5.41, 5.74) is 0. The first-order valence-electron chi connectivity index (χ1n) is 4.17. The fraction of sp³-hybridized carbons (Fsp3) is 1.00. The fourth-order valence-electron chi connectivity index (χ4n) is 1.96. The Morgan fingerprint density at radius 3 is 0.929 bits per heavy atom. The van der Waals surface area contributed by atoms with Crippen LogP contribution < -0.4 is 0 Å². The quantitative estimate of drug-likeness (QED) is 0.660. The molecule has 0 aromatic carbocycles. The second kappa shape index (κ2) is 4.17. The summed E-state index contributed by atoms with van der Waals surface area (Å²) in [6, 6.07) is 0. The first kappa shape index (κ1) is 13.9. The maximum Gasteiger partial charge on any atom is 0.409 e. The molecule has 0 spiro atoms. The number of nitrogens with zero attached hydrogens (tertiary/aromatic N) is 3. The summed E-state index contributed by atoms with van der Waals surface area (Å²) >= 11 is 0. The van der Waals surface area contributed by atoms with E-state index in [4.69, 9.17) is 0 Å². The number of halogens is 3. The normalized spacial score (nSPS) is 14.6. The fourth-order valence-corrected chi connectivity index (χ4v) is 5.88. The maximum absolute atomic E-state index is 13.1. The van der Waals surface area contributed by atoms with Crippen LogP contribution in [-0.4, -0.2) is 70.3 Å². The van der Waals surface area contributed by atoms with Gasteiger partial charge in [0.15, 0.2) is 0 Å². The second-order valence-electron chi connectivity index (χ2n) is 3.82. The molecule has 0 radical (unpaired) electrons. The van der Waals surface area contributed by atoms with Crippen LogP contribution in [-0.2, 0) is 0 Å². The van der Waals surface area contributed by atoms with Gasteiger partial charge in [0.1, 0.15) is 0 Å². The van der Waals surface area contributed by atoms with E-state index in [1.165, 1.54) is 56.0 Å². The molecule has 0 N–H and O–H groups in total. The van der Waals surface area contributed by atoms with Gasteiger partial charge < -0.3 is 0 Å². The molecule has 0 aliphatic heterocycles. The van der Waals surface area contributed by atoms with Crippen LogP contribution in [0.1, 0.15) is 0 Å². The van der Waals surface area contributed by atoms with Gasteiger partial charge in [0.2, 0.25) is 0 Å². The lowest BCUT2D eigenvalue weighted by molar-refractivity contribution is -0.0818. The molecule has 0 rings (SSSR count). The highest BCUT2D eigenvalue weighted by atomic mass is 28.4. The zero-order chi connectivity index (χ0) is 11.7. The lowest BCUT2D eigenvalue weighted by atomic mass is 11.2. The Morgan fingerprint density at radius 2 is 0.929 bits per heavy atom. The monoisotopic (exact) mass is 229 g/mol. The van der Waals surface area contributed by atoms with Crippen molar-refractivity contribution >= 4 is 8.56 Å². The summed E-state index contributed by atoms with van der Waals surface area (Å²) in [7, 11) is 5.10. The van der Waals surface area contributed by atoms with Crippen LogP contribution in [0.2, 0.25) is 0 Å². The Labute approximate surface area is 84.3 Å². The van der Waals surface area contributed by atoms with E-state index < -0.39 is 14.4 Å². The van der Waals surface area contributed by atoms with Crippen molar-refractivity contribution in [1.82, 2.24) is 13.7 Å². The third kappa shape index (κ3) is 1.95. The topological polar surface area (TPSA) is 9.72 Å². The van der Waals surface area contributed by atoms with Gasteiger partial charge in [-0.05, 0) is 42.3 Å². The third-order valence-electron chi connectivity index (χ3n) is 2.25. The largest absolute Gasteiger partial charge is 0.409 e. The van der Waals surface area contributed by atoms with Gasteiger partial charge >= 0.3 is 14.4 Å². The molecule has 0 aromatic heterocycles. The van der Waals surface area contributed by atoms with Crippen molar-refractivity contribution < 1.29 is 13.2 Å². The molecule has 0 bridgehead atoms. The van der Waals surface area contributed by atoms with Crippen molar-refractivity contribution in [3.05, 3.63) is 0 Å². The molecule has 14 heavy (non-hydrogen) atoms. The molecule has 7 heteroatoms. The van der Waals surface area contributed by atoms with Gasteiger partial charge in [-0.2, -0.15) is 13.2 Å². The Balaban J connectivity index is 5.40. The summed E-state index contributed by atoms with van der Waals surface area (Å²) in [6.45, 7) is 0. The molecule has 0 saturated heterocycles. The Bertz CT molecular complexity index is 169. The van der Waals surface area contributed by atoms with E-state index in [0.717, 1.165) is 0 Å². The van der Waals surface area contributed by atoms with E-state index in [9.17, 15) is 13.2 Å². The van der Waals surface area contributed by atoms with E-state index in [1.807, 2.05) is 0 Å². The van der Waals surface area contributed by atoms with Gasteiger partial charge in [0.05, 0.1) is 0 Å². The molecular formula is C7H18F3N3Si. The van der Waals surface area contributed by atoms with Crippen LogP contribution in [0.3, 0.4) is 0 Å². The molecule has 0 aromatic rings. The van der Waals surface area contributed by atoms with Gasteiger partial charge in [-0.25, -0.2) is 0 Å². The predicted octanol–water partition coefficient (Wildman–Crippen LogP) is 0.712. The minimum Gasteiger partial charge on any atom is -0.298 e. The molecule has 0 aliphatic rings. The molecule has 0 aliphatic carbocycles. The Morgan fingerprint density at radius 1 is 0.714 bits per heavy atom. The van der Waals surface area contributed by atoms with Crippen molar-refractivity contribution in [1.29, 1.82) is 0 Å². The first-order chi connectivity index (χ1) is 6.08. The van der Waals surface area contributed by atoms with E-state index >= 15 is 0 Å². The molecular weight excluding hydrogens is 211 g/mol. The molecule has 0 heterocycles. The van der Waals surface area contributed by atoms with Gasteiger partial charge in [0.25, 0.3) is 0 Å². The maximum atomic E-state index is 13.1. The van der Waals surface area contributed by atoms with Gasteiger partial charge in [-0.3, -0.25) is 13.7 Å². The molecule has 0 amide bonds. The van der Waals surface area contributed by atoms with Crippen LogP contribution >= 0.6 is 0 Å². The molecule has 0 unspecified atom stereocenters. The van der Waals surface area contributed by atoms with Crippen LogP contribution in [0.15, 0.2) is 0 Å². The van der Waals surface area contributed by atoms with Crippen molar-refractivity contribution in [2.45, 2.75) is 5.80 Å². The van der Waals surface area contributed by atoms with Crippen LogP contribution in [0.25, 0.3) is 0 Å². The van der Waals surface area contributed by atoms with Crippen molar-refractivity contribution in [2.75, 3.05) is 42.3 Å². The highest BCUT2D eigenvalue weighted by Gasteiger charge is 2.65. The van der Waals surface area contributed by atoms with E-state index in [-0.39, 0.29) is 0 Å². The number of hydrogen-bond acceptors (Lipinski definition) is 3. The lowest BCUT2D eigenvalue weighted by Crippen LogP contribution is -2.78. The van der Waals surface area contributed by atoms with Gasteiger partial charge in [-0.15, -0.1) is 0 Å².